The summed E-state index contributed by atoms with van der Waals surface area (Å²) in [5.41, 5.74) is 9.62. The van der Waals surface area contributed by atoms with Crippen LogP contribution in [0, 0.1) is 0 Å². The van der Waals surface area contributed by atoms with Gasteiger partial charge in [0.25, 0.3) is 0 Å². The normalized spacial score (nSPS) is 14.1. The minimum absolute atomic E-state index is 0.00209. The maximum Gasteiger partial charge on any atom is 0.137 e. The van der Waals surface area contributed by atoms with Crippen LogP contribution in [0.5, 0.6) is 0 Å². The van der Waals surface area contributed by atoms with Crippen LogP contribution in [0.3, 0.4) is 0 Å². The Morgan fingerprint density at radius 2 is 1.33 bits per heavy atom. The fourth-order valence-corrected chi connectivity index (χ4v) is 5.40. The SMILES string of the molecule is CC1(C)c2ccccc2-c2ccc(N(I)c3ccc4c(c3)oc3ccccc34)cc21. The van der Waals surface area contributed by atoms with Crippen molar-refractivity contribution in [3.8, 4) is 11.1 Å². The molecule has 1 heterocycles. The zero-order chi connectivity index (χ0) is 20.5. The van der Waals surface area contributed by atoms with Crippen molar-refractivity contribution in [2.75, 3.05) is 3.11 Å². The Hall–Kier alpha value is -2.79. The van der Waals surface area contributed by atoms with E-state index in [4.69, 9.17) is 4.42 Å². The van der Waals surface area contributed by atoms with Gasteiger partial charge >= 0.3 is 0 Å². The molecule has 30 heavy (non-hydrogen) atoms. The second kappa shape index (κ2) is 6.35. The van der Waals surface area contributed by atoms with E-state index in [2.05, 4.69) is 113 Å². The van der Waals surface area contributed by atoms with Crippen molar-refractivity contribution in [2.24, 2.45) is 0 Å². The molecule has 1 aromatic heterocycles. The van der Waals surface area contributed by atoms with E-state index in [0.29, 0.717) is 0 Å². The molecule has 146 valence electrons. The number of benzene rings is 4. The molecular weight excluding hydrogens is 481 g/mol. The van der Waals surface area contributed by atoms with E-state index in [1.807, 2.05) is 12.1 Å². The molecule has 0 unspecified atom stereocenters. The van der Waals surface area contributed by atoms with E-state index in [1.165, 1.54) is 27.9 Å². The number of hydrogen-bond acceptors (Lipinski definition) is 2. The molecule has 0 aliphatic heterocycles. The number of anilines is 2. The van der Waals surface area contributed by atoms with E-state index in [9.17, 15) is 0 Å². The number of furan rings is 1. The van der Waals surface area contributed by atoms with Crippen molar-refractivity contribution in [1.29, 1.82) is 0 Å². The zero-order valence-electron chi connectivity index (χ0n) is 16.8. The summed E-state index contributed by atoms with van der Waals surface area (Å²) in [6.07, 6.45) is 0. The number of halogens is 1. The van der Waals surface area contributed by atoms with Crippen LogP contribution in [0.4, 0.5) is 11.4 Å². The molecular formula is C27H20INO. The molecule has 0 bridgehead atoms. The lowest BCUT2D eigenvalue weighted by Crippen LogP contribution is -2.15. The monoisotopic (exact) mass is 501 g/mol. The highest BCUT2D eigenvalue weighted by Gasteiger charge is 2.35. The fourth-order valence-electron chi connectivity index (χ4n) is 4.80. The van der Waals surface area contributed by atoms with E-state index in [-0.39, 0.29) is 5.41 Å². The largest absolute Gasteiger partial charge is 0.456 e. The van der Waals surface area contributed by atoms with Gasteiger partial charge in [0.2, 0.25) is 0 Å². The van der Waals surface area contributed by atoms with Gasteiger partial charge in [-0.2, -0.15) is 0 Å². The molecule has 0 amide bonds. The summed E-state index contributed by atoms with van der Waals surface area (Å²) in [6, 6.07) is 30.3. The predicted octanol–water partition coefficient (Wildman–Crippen LogP) is 8.38. The first-order valence-corrected chi connectivity index (χ1v) is 11.1. The molecule has 4 aromatic carbocycles. The molecule has 0 spiro atoms. The van der Waals surface area contributed by atoms with Crippen LogP contribution < -0.4 is 3.11 Å². The van der Waals surface area contributed by atoms with Crippen LogP contribution in [-0.4, -0.2) is 0 Å². The minimum Gasteiger partial charge on any atom is -0.456 e. The van der Waals surface area contributed by atoms with Gasteiger partial charge in [-0.1, -0.05) is 62.4 Å². The van der Waals surface area contributed by atoms with Crippen LogP contribution in [0.25, 0.3) is 33.1 Å². The van der Waals surface area contributed by atoms with Gasteiger partial charge in [0.1, 0.15) is 11.2 Å². The lowest BCUT2D eigenvalue weighted by Gasteiger charge is -2.24. The van der Waals surface area contributed by atoms with Crippen LogP contribution in [0.1, 0.15) is 25.0 Å². The molecule has 2 nitrogen and oxygen atoms in total. The maximum absolute atomic E-state index is 6.10. The average molecular weight is 501 g/mol. The average Bonchev–Trinajstić information content (AvgIpc) is 3.26. The van der Waals surface area contributed by atoms with E-state index in [1.54, 1.807) is 0 Å². The van der Waals surface area contributed by atoms with E-state index >= 15 is 0 Å². The Bertz CT molecular complexity index is 1450. The summed E-state index contributed by atoms with van der Waals surface area (Å²) in [5.74, 6) is 0. The Kier molecular flexibility index (Phi) is 3.81. The lowest BCUT2D eigenvalue weighted by atomic mass is 9.82. The molecule has 0 N–H and O–H groups in total. The molecule has 0 atom stereocenters. The number of para-hydroxylation sites is 1. The van der Waals surface area contributed by atoms with Crippen LogP contribution in [-0.2, 0) is 5.41 Å². The zero-order valence-corrected chi connectivity index (χ0v) is 19.0. The number of fused-ring (bicyclic) bond motifs is 6. The molecule has 1 aliphatic carbocycles. The Labute approximate surface area is 189 Å². The molecule has 5 aromatic rings. The first-order valence-electron chi connectivity index (χ1n) is 10.2. The van der Waals surface area contributed by atoms with Crippen molar-refractivity contribution in [3.63, 3.8) is 0 Å². The summed E-state index contributed by atoms with van der Waals surface area (Å²) < 4.78 is 8.31. The van der Waals surface area contributed by atoms with Crippen molar-refractivity contribution in [2.45, 2.75) is 19.3 Å². The Morgan fingerprint density at radius 3 is 2.23 bits per heavy atom. The van der Waals surface area contributed by atoms with Crippen molar-refractivity contribution < 1.29 is 4.42 Å². The molecule has 0 fully saturated rings. The Morgan fingerprint density at radius 1 is 0.667 bits per heavy atom. The summed E-state index contributed by atoms with van der Waals surface area (Å²) in [7, 11) is 0. The topological polar surface area (TPSA) is 16.4 Å². The van der Waals surface area contributed by atoms with Gasteiger partial charge in [0.05, 0.1) is 34.2 Å². The summed E-state index contributed by atoms with van der Waals surface area (Å²) >= 11 is 2.39. The highest BCUT2D eigenvalue weighted by molar-refractivity contribution is 14.1. The maximum atomic E-state index is 6.10. The van der Waals surface area contributed by atoms with Gasteiger partial charge < -0.3 is 4.42 Å². The van der Waals surface area contributed by atoms with Crippen LogP contribution in [0.15, 0.2) is 89.3 Å². The van der Waals surface area contributed by atoms with Gasteiger partial charge in [-0.15, -0.1) is 0 Å². The third-order valence-corrected chi connectivity index (χ3v) is 7.50. The van der Waals surface area contributed by atoms with Crippen molar-refractivity contribution >= 4 is 56.2 Å². The molecule has 1 aliphatic rings. The third-order valence-electron chi connectivity index (χ3n) is 6.38. The first kappa shape index (κ1) is 18.0. The van der Waals surface area contributed by atoms with Gasteiger partial charge in [-0.25, -0.2) is 0 Å². The predicted molar refractivity (Wildman–Crippen MR) is 134 cm³/mol. The second-order valence-corrected chi connectivity index (χ2v) is 9.42. The lowest BCUT2D eigenvalue weighted by molar-refractivity contribution is 0.660. The summed E-state index contributed by atoms with van der Waals surface area (Å²) in [4.78, 5) is 0. The Balaban J connectivity index is 1.44. The smallest absolute Gasteiger partial charge is 0.137 e. The number of nitrogens with zero attached hydrogens (tertiary/aromatic N) is 1. The van der Waals surface area contributed by atoms with Crippen LogP contribution >= 0.6 is 22.9 Å². The standard InChI is InChI=1S/C27H20INO/c1-27(2)23-9-5-3-7-19(23)20-13-11-17(15-24(20)27)29(28)18-12-14-22-21-8-4-6-10-25(21)30-26(22)16-18/h3-16H,1-2H3. The van der Waals surface area contributed by atoms with E-state index < -0.39 is 0 Å². The molecule has 0 saturated carbocycles. The molecule has 0 radical (unpaired) electrons. The summed E-state index contributed by atoms with van der Waals surface area (Å²) in [6.45, 7) is 4.64. The highest BCUT2D eigenvalue weighted by Crippen LogP contribution is 2.50. The van der Waals surface area contributed by atoms with Crippen molar-refractivity contribution in [1.82, 2.24) is 0 Å². The van der Waals surface area contributed by atoms with Gasteiger partial charge in [0, 0.05) is 22.3 Å². The third kappa shape index (κ3) is 2.48. The molecule has 3 heteroatoms. The summed E-state index contributed by atoms with van der Waals surface area (Å²) in [5, 5.41) is 2.32. The van der Waals surface area contributed by atoms with Gasteiger partial charge in [0.15, 0.2) is 0 Å². The van der Waals surface area contributed by atoms with Crippen molar-refractivity contribution in [3.05, 3.63) is 96.1 Å². The van der Waals surface area contributed by atoms with Crippen LogP contribution in [0.2, 0.25) is 0 Å². The van der Waals surface area contributed by atoms with E-state index in [0.717, 1.165) is 27.6 Å². The molecule has 6 rings (SSSR count). The first-order chi connectivity index (χ1) is 14.5. The van der Waals surface area contributed by atoms with Gasteiger partial charge in [-0.05, 0) is 52.6 Å². The fraction of sp³-hybridized carbons (Fsp3) is 0.111. The quantitative estimate of drug-likeness (QED) is 0.179. The number of rotatable bonds is 2. The second-order valence-electron chi connectivity index (χ2n) is 8.46. The minimum atomic E-state index is 0.00209. The van der Waals surface area contributed by atoms with Gasteiger partial charge in [-0.3, -0.25) is 3.11 Å². The highest BCUT2D eigenvalue weighted by atomic mass is 127. The number of hydrogen-bond donors (Lipinski definition) is 0. The molecule has 0 saturated heterocycles.